The number of primary amides is 1. The zero-order valence-electron chi connectivity index (χ0n) is 11.3. The van der Waals surface area contributed by atoms with Gasteiger partial charge in [0.25, 0.3) is 5.91 Å². The topological polar surface area (TPSA) is 111 Å². The van der Waals surface area contributed by atoms with Crippen molar-refractivity contribution in [3.8, 4) is 0 Å². The molecule has 1 unspecified atom stereocenters. The average Bonchev–Trinajstić information content (AvgIpc) is 2.36. The van der Waals surface area contributed by atoms with Crippen LogP contribution in [-0.4, -0.2) is 23.6 Å². The quantitative estimate of drug-likeness (QED) is 0.671. The third kappa shape index (κ3) is 4.60. The SMILES string of the molecule is CC(=O)NC(C)(NC(=O)OCc1ccccc1)C(N)=O. The number of hydrogen-bond donors (Lipinski definition) is 3. The van der Waals surface area contributed by atoms with Crippen molar-refractivity contribution in [1.82, 2.24) is 10.6 Å². The van der Waals surface area contributed by atoms with Crippen molar-refractivity contribution in [3.05, 3.63) is 35.9 Å². The van der Waals surface area contributed by atoms with E-state index in [1.807, 2.05) is 6.07 Å². The molecule has 0 aromatic heterocycles. The molecule has 0 saturated heterocycles. The first-order valence-electron chi connectivity index (χ1n) is 5.91. The van der Waals surface area contributed by atoms with Gasteiger partial charge < -0.3 is 15.8 Å². The molecule has 0 heterocycles. The van der Waals surface area contributed by atoms with E-state index < -0.39 is 23.6 Å². The summed E-state index contributed by atoms with van der Waals surface area (Å²) < 4.78 is 4.95. The number of benzene rings is 1. The summed E-state index contributed by atoms with van der Waals surface area (Å²) in [5.41, 5.74) is 4.25. The fourth-order valence-electron chi connectivity index (χ4n) is 1.47. The van der Waals surface area contributed by atoms with Crippen LogP contribution >= 0.6 is 0 Å². The van der Waals surface area contributed by atoms with E-state index in [0.717, 1.165) is 5.56 Å². The van der Waals surface area contributed by atoms with Gasteiger partial charge in [0, 0.05) is 6.92 Å². The Morgan fingerprint density at radius 1 is 1.20 bits per heavy atom. The standard InChI is InChI=1S/C13H17N3O4/c1-9(17)15-13(2,11(14)18)16-12(19)20-8-10-6-4-3-5-7-10/h3-7H,8H2,1-2H3,(H2,14,18)(H,15,17)(H,16,19). The maximum atomic E-state index is 11.6. The van der Waals surface area contributed by atoms with Gasteiger partial charge in [0.2, 0.25) is 5.91 Å². The Hall–Kier alpha value is -2.57. The Kier molecular flexibility index (Phi) is 5.08. The van der Waals surface area contributed by atoms with E-state index in [2.05, 4.69) is 10.6 Å². The van der Waals surface area contributed by atoms with E-state index in [1.165, 1.54) is 13.8 Å². The minimum atomic E-state index is -1.69. The zero-order valence-corrected chi connectivity index (χ0v) is 11.3. The Bertz CT molecular complexity index is 504. The molecule has 1 aromatic rings. The number of rotatable bonds is 5. The molecule has 0 fully saturated rings. The van der Waals surface area contributed by atoms with Gasteiger partial charge in [-0.3, -0.25) is 14.9 Å². The molecule has 0 aliphatic carbocycles. The monoisotopic (exact) mass is 279 g/mol. The minimum Gasteiger partial charge on any atom is -0.445 e. The molecule has 0 saturated carbocycles. The summed E-state index contributed by atoms with van der Waals surface area (Å²) in [6.45, 7) is 2.53. The third-order valence-electron chi connectivity index (χ3n) is 2.48. The van der Waals surface area contributed by atoms with Gasteiger partial charge in [-0.25, -0.2) is 4.79 Å². The predicted octanol–water partition coefficient (Wildman–Crippen LogP) is 0.250. The molecule has 7 nitrogen and oxygen atoms in total. The summed E-state index contributed by atoms with van der Waals surface area (Å²) in [6, 6.07) is 9.02. The summed E-state index contributed by atoms with van der Waals surface area (Å²) in [5, 5.41) is 4.49. The lowest BCUT2D eigenvalue weighted by molar-refractivity contribution is -0.131. The molecule has 1 rings (SSSR count). The number of ether oxygens (including phenoxy) is 1. The Labute approximate surface area is 116 Å². The molecule has 3 amide bonds. The van der Waals surface area contributed by atoms with Crippen LogP contribution in [0.15, 0.2) is 30.3 Å². The minimum absolute atomic E-state index is 0.0432. The molecule has 0 aliphatic rings. The summed E-state index contributed by atoms with van der Waals surface area (Å²) >= 11 is 0. The summed E-state index contributed by atoms with van der Waals surface area (Å²) in [4.78, 5) is 33.9. The van der Waals surface area contributed by atoms with Gasteiger partial charge in [-0.1, -0.05) is 30.3 Å². The van der Waals surface area contributed by atoms with Crippen LogP contribution < -0.4 is 16.4 Å². The highest BCUT2D eigenvalue weighted by molar-refractivity contribution is 5.91. The van der Waals surface area contributed by atoms with Gasteiger partial charge in [0.15, 0.2) is 5.66 Å². The fraction of sp³-hybridized carbons (Fsp3) is 0.308. The van der Waals surface area contributed by atoms with Crippen LogP contribution in [0.1, 0.15) is 19.4 Å². The number of nitrogens with two attached hydrogens (primary N) is 1. The molecule has 1 atom stereocenters. The van der Waals surface area contributed by atoms with Gasteiger partial charge in [-0.15, -0.1) is 0 Å². The van der Waals surface area contributed by atoms with Crippen molar-refractivity contribution in [3.63, 3.8) is 0 Å². The lowest BCUT2D eigenvalue weighted by Crippen LogP contribution is -2.65. The van der Waals surface area contributed by atoms with Crippen molar-refractivity contribution in [2.45, 2.75) is 26.1 Å². The molecule has 7 heteroatoms. The average molecular weight is 279 g/mol. The molecule has 0 bridgehead atoms. The van der Waals surface area contributed by atoms with E-state index in [-0.39, 0.29) is 6.61 Å². The summed E-state index contributed by atoms with van der Waals surface area (Å²) in [7, 11) is 0. The molecule has 0 radical (unpaired) electrons. The van der Waals surface area contributed by atoms with Gasteiger partial charge in [-0.05, 0) is 12.5 Å². The number of alkyl carbamates (subject to hydrolysis) is 1. The van der Waals surface area contributed by atoms with Gasteiger partial charge >= 0.3 is 6.09 Å². The Morgan fingerprint density at radius 2 is 1.80 bits per heavy atom. The molecule has 1 aromatic carbocycles. The summed E-state index contributed by atoms with van der Waals surface area (Å²) in [5.74, 6) is -1.40. The summed E-state index contributed by atoms with van der Waals surface area (Å²) in [6.07, 6.45) is -0.857. The van der Waals surface area contributed by atoms with Crippen LogP contribution in [0.25, 0.3) is 0 Å². The van der Waals surface area contributed by atoms with Crippen LogP contribution in [0.4, 0.5) is 4.79 Å². The number of nitrogens with one attached hydrogen (secondary N) is 2. The smallest absolute Gasteiger partial charge is 0.409 e. The van der Waals surface area contributed by atoms with E-state index in [9.17, 15) is 14.4 Å². The van der Waals surface area contributed by atoms with Gasteiger partial charge in [0.05, 0.1) is 0 Å². The van der Waals surface area contributed by atoms with Gasteiger partial charge in [0.1, 0.15) is 6.61 Å². The molecule has 0 spiro atoms. The molecule has 0 aliphatic heterocycles. The van der Waals surface area contributed by atoms with Gasteiger partial charge in [-0.2, -0.15) is 0 Å². The van der Waals surface area contributed by atoms with Crippen molar-refractivity contribution in [1.29, 1.82) is 0 Å². The highest BCUT2D eigenvalue weighted by Gasteiger charge is 2.34. The normalized spacial score (nSPS) is 12.9. The number of carbonyl (C=O) groups excluding carboxylic acids is 3. The van der Waals surface area contributed by atoms with Crippen molar-refractivity contribution < 1.29 is 19.1 Å². The number of amides is 3. The zero-order chi connectivity index (χ0) is 15.2. The highest BCUT2D eigenvalue weighted by Crippen LogP contribution is 2.03. The first kappa shape index (κ1) is 15.5. The van der Waals surface area contributed by atoms with Crippen LogP contribution in [0, 0.1) is 0 Å². The second kappa shape index (κ2) is 6.55. The maximum Gasteiger partial charge on any atom is 0.409 e. The van der Waals surface area contributed by atoms with Crippen molar-refractivity contribution in [2.24, 2.45) is 5.73 Å². The Balaban J connectivity index is 2.59. The lowest BCUT2D eigenvalue weighted by Gasteiger charge is -2.27. The molecule has 20 heavy (non-hydrogen) atoms. The largest absolute Gasteiger partial charge is 0.445 e. The Morgan fingerprint density at radius 3 is 2.30 bits per heavy atom. The lowest BCUT2D eigenvalue weighted by atomic mass is 10.2. The first-order chi connectivity index (χ1) is 9.33. The van der Waals surface area contributed by atoms with E-state index in [1.54, 1.807) is 24.3 Å². The highest BCUT2D eigenvalue weighted by atomic mass is 16.5. The second-order valence-electron chi connectivity index (χ2n) is 4.36. The van der Waals surface area contributed by atoms with E-state index in [4.69, 9.17) is 10.5 Å². The molecular weight excluding hydrogens is 262 g/mol. The fourth-order valence-corrected chi connectivity index (χ4v) is 1.47. The van der Waals surface area contributed by atoms with Crippen LogP contribution in [0.5, 0.6) is 0 Å². The third-order valence-corrected chi connectivity index (χ3v) is 2.48. The van der Waals surface area contributed by atoms with E-state index in [0.29, 0.717) is 0 Å². The van der Waals surface area contributed by atoms with Crippen molar-refractivity contribution in [2.75, 3.05) is 0 Å². The predicted molar refractivity (Wildman–Crippen MR) is 71.2 cm³/mol. The van der Waals surface area contributed by atoms with Crippen molar-refractivity contribution >= 4 is 17.9 Å². The van der Waals surface area contributed by atoms with Crippen LogP contribution in [-0.2, 0) is 20.9 Å². The first-order valence-corrected chi connectivity index (χ1v) is 5.91. The van der Waals surface area contributed by atoms with E-state index >= 15 is 0 Å². The maximum absolute atomic E-state index is 11.6. The second-order valence-corrected chi connectivity index (χ2v) is 4.36. The van der Waals surface area contributed by atoms with Crippen LogP contribution in [0.3, 0.4) is 0 Å². The molecule has 4 N–H and O–H groups in total. The molecule has 108 valence electrons. The van der Waals surface area contributed by atoms with Crippen LogP contribution in [0.2, 0.25) is 0 Å². The molecular formula is C13H17N3O4. The number of carbonyl (C=O) groups is 3. The number of hydrogen-bond acceptors (Lipinski definition) is 4.